The summed E-state index contributed by atoms with van der Waals surface area (Å²) in [6.07, 6.45) is 0. The number of benzene rings is 2. The van der Waals surface area contributed by atoms with E-state index in [1.54, 1.807) is 18.2 Å². The summed E-state index contributed by atoms with van der Waals surface area (Å²) < 4.78 is 33.4. The zero-order valence-electron chi connectivity index (χ0n) is 10.2. The zero-order chi connectivity index (χ0) is 14.0. The Morgan fingerprint density at radius 3 is 2.47 bits per heavy atom. The van der Waals surface area contributed by atoms with Gasteiger partial charge in [-0.15, -0.1) is 0 Å². The highest BCUT2D eigenvalue weighted by atomic mass is 79.9. The summed E-state index contributed by atoms with van der Waals surface area (Å²) in [6, 6.07) is 8.21. The van der Waals surface area contributed by atoms with E-state index >= 15 is 0 Å². The van der Waals surface area contributed by atoms with Gasteiger partial charge < -0.3 is 10.5 Å². The molecule has 0 fully saturated rings. The minimum Gasteiger partial charge on any atom is -0.494 e. The van der Waals surface area contributed by atoms with Gasteiger partial charge in [-0.3, -0.25) is 0 Å². The highest BCUT2D eigenvalue weighted by Crippen LogP contribution is 2.32. The molecule has 2 nitrogen and oxygen atoms in total. The standard InChI is InChI=1S/C14H12BrF2NO/c1-19-11-7-2-4-8(13(11)17)14(18)12-9(15)5-3-6-10(12)16/h2-7,14H,18H2,1H3. The third kappa shape index (κ3) is 2.62. The average molecular weight is 328 g/mol. The van der Waals surface area contributed by atoms with Gasteiger partial charge in [0.05, 0.1) is 13.2 Å². The molecule has 0 bridgehead atoms. The number of methoxy groups -OCH3 is 1. The van der Waals surface area contributed by atoms with Crippen molar-refractivity contribution in [3.05, 3.63) is 63.6 Å². The molecule has 2 rings (SSSR count). The second kappa shape index (κ2) is 5.67. The van der Waals surface area contributed by atoms with Gasteiger partial charge in [0, 0.05) is 15.6 Å². The van der Waals surface area contributed by atoms with E-state index in [4.69, 9.17) is 10.5 Å². The Morgan fingerprint density at radius 2 is 1.84 bits per heavy atom. The third-order valence-corrected chi connectivity index (χ3v) is 3.55. The number of rotatable bonds is 3. The molecule has 100 valence electrons. The maximum atomic E-state index is 14.1. The summed E-state index contributed by atoms with van der Waals surface area (Å²) in [5.41, 5.74) is 6.38. The predicted octanol–water partition coefficient (Wildman–Crippen LogP) is 3.78. The van der Waals surface area contributed by atoms with E-state index < -0.39 is 17.7 Å². The van der Waals surface area contributed by atoms with Gasteiger partial charge in [0.25, 0.3) is 0 Å². The fourth-order valence-corrected chi connectivity index (χ4v) is 2.48. The molecule has 0 radical (unpaired) electrons. The molecule has 0 spiro atoms. The Morgan fingerprint density at radius 1 is 1.16 bits per heavy atom. The number of hydrogen-bond donors (Lipinski definition) is 1. The molecule has 0 aromatic heterocycles. The van der Waals surface area contributed by atoms with Crippen molar-refractivity contribution in [2.45, 2.75) is 6.04 Å². The van der Waals surface area contributed by atoms with Gasteiger partial charge in [0.15, 0.2) is 11.6 Å². The van der Waals surface area contributed by atoms with Crippen molar-refractivity contribution in [2.24, 2.45) is 5.73 Å². The summed E-state index contributed by atoms with van der Waals surface area (Å²) in [5.74, 6) is -0.975. The van der Waals surface area contributed by atoms with E-state index in [0.29, 0.717) is 4.47 Å². The molecular formula is C14H12BrF2NO. The molecule has 19 heavy (non-hydrogen) atoms. The molecule has 1 atom stereocenters. The lowest BCUT2D eigenvalue weighted by Gasteiger charge is -2.17. The van der Waals surface area contributed by atoms with Gasteiger partial charge in [-0.2, -0.15) is 0 Å². The second-order valence-electron chi connectivity index (χ2n) is 3.98. The number of nitrogens with two attached hydrogens (primary N) is 1. The Labute approximate surface area is 118 Å². The van der Waals surface area contributed by atoms with Crippen LogP contribution in [0.2, 0.25) is 0 Å². The third-order valence-electron chi connectivity index (χ3n) is 2.86. The van der Waals surface area contributed by atoms with Crippen molar-refractivity contribution >= 4 is 15.9 Å². The lowest BCUT2D eigenvalue weighted by atomic mass is 9.98. The number of hydrogen-bond acceptors (Lipinski definition) is 2. The van der Waals surface area contributed by atoms with Crippen LogP contribution in [0.25, 0.3) is 0 Å². The van der Waals surface area contributed by atoms with Crippen molar-refractivity contribution in [3.8, 4) is 5.75 Å². The fraction of sp³-hybridized carbons (Fsp3) is 0.143. The van der Waals surface area contributed by atoms with Crippen LogP contribution < -0.4 is 10.5 Å². The molecule has 2 aromatic carbocycles. The molecule has 1 unspecified atom stereocenters. The van der Waals surface area contributed by atoms with Crippen LogP contribution in [0.4, 0.5) is 8.78 Å². The SMILES string of the molecule is COc1cccc(C(N)c2c(F)cccc2Br)c1F. The first kappa shape index (κ1) is 14.0. The van der Waals surface area contributed by atoms with E-state index in [9.17, 15) is 8.78 Å². The largest absolute Gasteiger partial charge is 0.494 e. The van der Waals surface area contributed by atoms with Crippen molar-refractivity contribution in [3.63, 3.8) is 0 Å². The van der Waals surface area contributed by atoms with Crippen molar-refractivity contribution in [1.82, 2.24) is 0 Å². The molecule has 0 heterocycles. The van der Waals surface area contributed by atoms with Crippen LogP contribution in [-0.4, -0.2) is 7.11 Å². The lowest BCUT2D eigenvalue weighted by Crippen LogP contribution is -2.16. The first-order chi connectivity index (χ1) is 9.06. The van der Waals surface area contributed by atoms with Crippen LogP contribution in [0.5, 0.6) is 5.75 Å². The van der Waals surface area contributed by atoms with Gasteiger partial charge in [0.2, 0.25) is 0 Å². The molecule has 0 aliphatic rings. The highest BCUT2D eigenvalue weighted by molar-refractivity contribution is 9.10. The van der Waals surface area contributed by atoms with E-state index in [2.05, 4.69) is 15.9 Å². The Hall–Kier alpha value is -1.46. The molecule has 0 aliphatic carbocycles. The molecule has 0 saturated carbocycles. The Bertz CT molecular complexity index is 584. The first-order valence-corrected chi connectivity index (χ1v) is 6.37. The molecule has 5 heteroatoms. The van der Waals surface area contributed by atoms with Crippen molar-refractivity contribution in [2.75, 3.05) is 7.11 Å². The van der Waals surface area contributed by atoms with Gasteiger partial charge in [-0.05, 0) is 18.2 Å². The maximum Gasteiger partial charge on any atom is 0.170 e. The molecule has 0 amide bonds. The van der Waals surface area contributed by atoms with Crippen LogP contribution >= 0.6 is 15.9 Å². The van der Waals surface area contributed by atoms with Crippen LogP contribution in [0.1, 0.15) is 17.2 Å². The van der Waals surface area contributed by atoms with Crippen LogP contribution in [-0.2, 0) is 0 Å². The lowest BCUT2D eigenvalue weighted by molar-refractivity contribution is 0.383. The topological polar surface area (TPSA) is 35.2 Å². The summed E-state index contributed by atoms with van der Waals surface area (Å²) in [7, 11) is 1.37. The van der Waals surface area contributed by atoms with Crippen molar-refractivity contribution in [1.29, 1.82) is 0 Å². The maximum absolute atomic E-state index is 14.1. The summed E-state index contributed by atoms with van der Waals surface area (Å²) >= 11 is 3.23. The van der Waals surface area contributed by atoms with Crippen molar-refractivity contribution < 1.29 is 13.5 Å². The van der Waals surface area contributed by atoms with Crippen LogP contribution in [0, 0.1) is 11.6 Å². The average Bonchev–Trinajstić information content (AvgIpc) is 2.38. The second-order valence-corrected chi connectivity index (χ2v) is 4.83. The molecule has 0 aliphatic heterocycles. The van der Waals surface area contributed by atoms with E-state index in [1.807, 2.05) is 0 Å². The smallest absolute Gasteiger partial charge is 0.170 e. The number of ether oxygens (including phenoxy) is 1. The first-order valence-electron chi connectivity index (χ1n) is 5.58. The van der Waals surface area contributed by atoms with Gasteiger partial charge >= 0.3 is 0 Å². The minimum absolute atomic E-state index is 0.0837. The summed E-state index contributed by atoms with van der Waals surface area (Å²) in [5, 5.41) is 0. The van der Waals surface area contributed by atoms with E-state index in [1.165, 1.54) is 25.3 Å². The van der Waals surface area contributed by atoms with Crippen LogP contribution in [0.15, 0.2) is 40.9 Å². The van der Waals surface area contributed by atoms with E-state index in [0.717, 1.165) is 0 Å². The van der Waals surface area contributed by atoms with Gasteiger partial charge in [0.1, 0.15) is 5.82 Å². The van der Waals surface area contributed by atoms with Crippen LogP contribution in [0.3, 0.4) is 0 Å². The van der Waals surface area contributed by atoms with E-state index in [-0.39, 0.29) is 16.9 Å². The molecule has 0 saturated heterocycles. The normalized spacial score (nSPS) is 12.3. The molecular weight excluding hydrogens is 316 g/mol. The minimum atomic E-state index is -0.911. The highest BCUT2D eigenvalue weighted by Gasteiger charge is 2.21. The number of halogens is 3. The Balaban J connectivity index is 2.53. The quantitative estimate of drug-likeness (QED) is 0.931. The predicted molar refractivity (Wildman–Crippen MR) is 73.1 cm³/mol. The van der Waals surface area contributed by atoms with Gasteiger partial charge in [-0.1, -0.05) is 34.1 Å². The monoisotopic (exact) mass is 327 g/mol. The Kier molecular flexibility index (Phi) is 4.17. The summed E-state index contributed by atoms with van der Waals surface area (Å²) in [6.45, 7) is 0. The summed E-state index contributed by atoms with van der Waals surface area (Å²) in [4.78, 5) is 0. The molecule has 2 aromatic rings. The fourth-order valence-electron chi connectivity index (χ4n) is 1.89. The van der Waals surface area contributed by atoms with Gasteiger partial charge in [-0.25, -0.2) is 8.78 Å². The molecule has 2 N–H and O–H groups in total. The zero-order valence-corrected chi connectivity index (χ0v) is 11.7.